The van der Waals surface area contributed by atoms with E-state index >= 15 is 0 Å². The third kappa shape index (κ3) is 6.29. The van der Waals surface area contributed by atoms with Gasteiger partial charge in [0.2, 0.25) is 0 Å². The van der Waals surface area contributed by atoms with Crippen molar-refractivity contribution in [2.24, 2.45) is 0 Å². The maximum absolute atomic E-state index is 13.2. The number of amides is 2. The number of hydrogen-bond donors (Lipinski definition) is 1. The van der Waals surface area contributed by atoms with Crippen LogP contribution in [-0.4, -0.2) is 53.5 Å². The average molecular weight is 542 g/mol. The third-order valence-electron chi connectivity index (χ3n) is 6.14. The molecule has 0 saturated carbocycles. The monoisotopic (exact) mass is 541 g/mol. The van der Waals surface area contributed by atoms with Crippen LogP contribution < -0.4 is 10.1 Å². The summed E-state index contributed by atoms with van der Waals surface area (Å²) < 4.78 is 10.7. The molecule has 0 aliphatic carbocycles. The summed E-state index contributed by atoms with van der Waals surface area (Å²) in [5.41, 5.74) is 0.0864. The lowest BCUT2D eigenvalue weighted by molar-refractivity contribution is -0.146. The molecule has 0 radical (unpaired) electrons. The second kappa shape index (κ2) is 11.3. The molecule has 1 saturated heterocycles. The minimum absolute atomic E-state index is 0.0979. The van der Waals surface area contributed by atoms with Gasteiger partial charge in [-0.25, -0.2) is 9.78 Å². The fourth-order valence-electron chi connectivity index (χ4n) is 4.17. The lowest BCUT2D eigenvalue weighted by atomic mass is 9.96. The third-order valence-corrected chi connectivity index (χ3v) is 7.46. The van der Waals surface area contributed by atoms with Crippen LogP contribution in [0.5, 0.6) is 5.75 Å². The number of anilines is 1. The number of rotatable bonds is 7. The molecular formula is C27H28ClN3O5S. The Bertz CT molecular complexity index is 1300. The Labute approximate surface area is 224 Å². The van der Waals surface area contributed by atoms with Gasteiger partial charge in [0.15, 0.2) is 5.60 Å². The molecule has 2 amide bonds. The molecule has 194 valence electrons. The molecule has 0 unspecified atom stereocenters. The first kappa shape index (κ1) is 26.6. The molecule has 1 N–H and O–H groups in total. The molecule has 37 heavy (non-hydrogen) atoms. The summed E-state index contributed by atoms with van der Waals surface area (Å²) in [5, 5.41) is 5.83. The molecule has 2 heterocycles. The summed E-state index contributed by atoms with van der Waals surface area (Å²) >= 11 is 7.64. The Morgan fingerprint density at radius 3 is 2.54 bits per heavy atom. The van der Waals surface area contributed by atoms with Crippen molar-refractivity contribution in [3.8, 4) is 5.75 Å². The van der Waals surface area contributed by atoms with Gasteiger partial charge in [-0.1, -0.05) is 29.8 Å². The molecule has 4 rings (SSSR count). The van der Waals surface area contributed by atoms with E-state index in [0.717, 1.165) is 17.8 Å². The molecule has 1 fully saturated rings. The molecule has 1 aliphatic heterocycles. The predicted molar refractivity (Wildman–Crippen MR) is 143 cm³/mol. The number of carbonyl (C=O) groups excluding carboxylic acids is 3. The van der Waals surface area contributed by atoms with Crippen molar-refractivity contribution < 1.29 is 23.9 Å². The summed E-state index contributed by atoms with van der Waals surface area (Å²) in [6.07, 6.45) is 1.48. The topological polar surface area (TPSA) is 97.8 Å². The van der Waals surface area contributed by atoms with Gasteiger partial charge in [-0.15, -0.1) is 11.3 Å². The Morgan fingerprint density at radius 2 is 1.84 bits per heavy atom. The van der Waals surface area contributed by atoms with Crippen LogP contribution in [0.4, 0.5) is 5.69 Å². The van der Waals surface area contributed by atoms with E-state index in [1.807, 2.05) is 17.0 Å². The van der Waals surface area contributed by atoms with Gasteiger partial charge in [0.1, 0.15) is 11.4 Å². The zero-order valence-corrected chi connectivity index (χ0v) is 22.4. The second-order valence-corrected chi connectivity index (χ2v) is 10.5. The second-order valence-electron chi connectivity index (χ2n) is 9.21. The molecule has 1 aliphatic rings. The predicted octanol–water partition coefficient (Wildman–Crippen LogP) is 5.40. The van der Waals surface area contributed by atoms with Gasteiger partial charge in [-0.05, 0) is 57.0 Å². The lowest BCUT2D eigenvalue weighted by Crippen LogP contribution is -2.51. The SMILES string of the molecule is COC(=O)c1cccc(NC(=O)c2csc(C3CCN(C(=O)C(C)(C)Oc4ccccc4Cl)CC3)n2)c1. The van der Waals surface area contributed by atoms with E-state index in [1.165, 1.54) is 18.4 Å². The number of hydrogen-bond acceptors (Lipinski definition) is 7. The number of aromatic nitrogens is 1. The highest BCUT2D eigenvalue weighted by molar-refractivity contribution is 7.10. The van der Waals surface area contributed by atoms with Gasteiger partial charge < -0.3 is 19.7 Å². The van der Waals surface area contributed by atoms with Crippen LogP contribution in [0, 0.1) is 0 Å². The van der Waals surface area contributed by atoms with Crippen molar-refractivity contribution in [2.45, 2.75) is 38.2 Å². The highest BCUT2D eigenvalue weighted by Crippen LogP contribution is 2.33. The maximum Gasteiger partial charge on any atom is 0.337 e. The zero-order chi connectivity index (χ0) is 26.6. The van der Waals surface area contributed by atoms with Crippen molar-refractivity contribution in [1.82, 2.24) is 9.88 Å². The minimum atomic E-state index is -1.06. The number of nitrogens with one attached hydrogen (secondary N) is 1. The van der Waals surface area contributed by atoms with E-state index < -0.39 is 11.6 Å². The Balaban J connectivity index is 1.34. The zero-order valence-electron chi connectivity index (χ0n) is 20.8. The van der Waals surface area contributed by atoms with E-state index in [0.29, 0.717) is 40.8 Å². The molecule has 8 nitrogen and oxygen atoms in total. The van der Waals surface area contributed by atoms with E-state index in [4.69, 9.17) is 21.1 Å². The number of nitrogens with zero attached hydrogens (tertiary/aromatic N) is 2. The lowest BCUT2D eigenvalue weighted by Gasteiger charge is -2.36. The first-order chi connectivity index (χ1) is 17.7. The average Bonchev–Trinajstić information content (AvgIpc) is 3.40. The molecule has 3 aromatic rings. The number of esters is 1. The van der Waals surface area contributed by atoms with Crippen molar-refractivity contribution >= 4 is 46.4 Å². The Morgan fingerprint density at radius 1 is 1.11 bits per heavy atom. The largest absolute Gasteiger partial charge is 0.476 e. The summed E-state index contributed by atoms with van der Waals surface area (Å²) in [6.45, 7) is 4.63. The van der Waals surface area contributed by atoms with Crippen molar-refractivity contribution in [3.05, 3.63) is 75.2 Å². The van der Waals surface area contributed by atoms with Gasteiger partial charge in [0.05, 0.1) is 22.7 Å². The molecule has 10 heteroatoms. The van der Waals surface area contributed by atoms with Gasteiger partial charge in [0.25, 0.3) is 11.8 Å². The fourth-order valence-corrected chi connectivity index (χ4v) is 5.32. The number of ether oxygens (including phenoxy) is 2. The molecule has 0 atom stereocenters. The van der Waals surface area contributed by atoms with Crippen molar-refractivity contribution in [1.29, 1.82) is 0 Å². The van der Waals surface area contributed by atoms with Crippen LogP contribution in [0.15, 0.2) is 53.9 Å². The standard InChI is InChI=1S/C27H28ClN3O5S/c1-27(2,36-22-10-5-4-9-20(22)28)26(34)31-13-11-17(12-14-31)24-30-21(16-37-24)23(32)29-19-8-6-7-18(15-19)25(33)35-3/h4-10,15-17H,11-14H2,1-3H3,(H,29,32). The highest BCUT2D eigenvalue weighted by Gasteiger charge is 2.37. The molecule has 0 bridgehead atoms. The maximum atomic E-state index is 13.2. The quantitative estimate of drug-likeness (QED) is 0.402. The Kier molecular flexibility index (Phi) is 8.14. The van der Waals surface area contributed by atoms with Crippen molar-refractivity contribution in [3.63, 3.8) is 0 Å². The van der Waals surface area contributed by atoms with Crippen LogP contribution in [0.1, 0.15) is 58.5 Å². The molecule has 2 aromatic carbocycles. The molecule has 0 spiro atoms. The number of carbonyl (C=O) groups is 3. The summed E-state index contributed by atoms with van der Waals surface area (Å²) in [4.78, 5) is 44.0. The van der Waals surface area contributed by atoms with Crippen molar-refractivity contribution in [2.75, 3.05) is 25.5 Å². The van der Waals surface area contributed by atoms with E-state index in [-0.39, 0.29) is 17.7 Å². The summed E-state index contributed by atoms with van der Waals surface area (Å²) in [5.74, 6) is -0.292. The van der Waals surface area contributed by atoms with E-state index in [9.17, 15) is 14.4 Å². The van der Waals surface area contributed by atoms with Gasteiger partial charge >= 0.3 is 5.97 Å². The first-order valence-corrected chi connectivity index (χ1v) is 13.1. The number of methoxy groups -OCH3 is 1. The fraction of sp³-hybridized carbons (Fsp3) is 0.333. The smallest absolute Gasteiger partial charge is 0.337 e. The number of piperidine rings is 1. The van der Waals surface area contributed by atoms with Crippen LogP contribution in [0.25, 0.3) is 0 Å². The molecular weight excluding hydrogens is 514 g/mol. The number of thiazole rings is 1. The minimum Gasteiger partial charge on any atom is -0.476 e. The number of likely N-dealkylation sites (tertiary alicyclic amines) is 1. The molecule has 1 aromatic heterocycles. The summed E-state index contributed by atoms with van der Waals surface area (Å²) in [6, 6.07) is 13.6. The number of para-hydroxylation sites is 1. The van der Waals surface area contributed by atoms with Gasteiger partial charge in [0, 0.05) is 30.1 Å². The number of benzene rings is 2. The van der Waals surface area contributed by atoms with Crippen LogP contribution in [0.2, 0.25) is 5.02 Å². The van der Waals surface area contributed by atoms with E-state index in [1.54, 1.807) is 55.6 Å². The van der Waals surface area contributed by atoms with Crippen LogP contribution in [-0.2, 0) is 9.53 Å². The van der Waals surface area contributed by atoms with E-state index in [2.05, 4.69) is 10.3 Å². The van der Waals surface area contributed by atoms with Gasteiger partial charge in [-0.3, -0.25) is 9.59 Å². The highest BCUT2D eigenvalue weighted by atomic mass is 35.5. The normalized spacial score (nSPS) is 14.2. The first-order valence-electron chi connectivity index (χ1n) is 11.9. The van der Waals surface area contributed by atoms with Crippen LogP contribution in [0.3, 0.4) is 0 Å². The van der Waals surface area contributed by atoms with Gasteiger partial charge in [-0.2, -0.15) is 0 Å². The summed E-state index contributed by atoms with van der Waals surface area (Å²) in [7, 11) is 1.31. The van der Waals surface area contributed by atoms with Crippen LogP contribution >= 0.6 is 22.9 Å². The number of halogens is 1. The Hall–Kier alpha value is -3.43.